The van der Waals surface area contributed by atoms with Crippen LogP contribution in [0.3, 0.4) is 0 Å². The summed E-state index contributed by atoms with van der Waals surface area (Å²) >= 11 is 0. The van der Waals surface area contributed by atoms with Gasteiger partial charge in [-0.1, -0.05) is 57.2 Å². The molecule has 1 aromatic rings. The predicted molar refractivity (Wildman–Crippen MR) is 110 cm³/mol. The number of carbonyl (C=O) groups is 2. The van der Waals surface area contributed by atoms with Crippen molar-refractivity contribution in [3.8, 4) is 5.75 Å². The van der Waals surface area contributed by atoms with Crippen molar-refractivity contribution in [3.05, 3.63) is 29.8 Å². The fraction of sp³-hybridized carbons (Fsp3) is 0.652. The van der Waals surface area contributed by atoms with Gasteiger partial charge in [0.05, 0.1) is 0 Å². The molecule has 0 N–H and O–H groups in total. The highest BCUT2D eigenvalue weighted by Gasteiger charge is 2.25. The number of hydrogen-bond donors (Lipinski definition) is 0. The van der Waals surface area contributed by atoms with Gasteiger partial charge >= 0.3 is 0 Å². The normalized spacial score (nSPS) is 18.2. The third-order valence-electron chi connectivity index (χ3n) is 6.18. The number of aryl methyl sites for hydroxylation is 1. The van der Waals surface area contributed by atoms with Crippen LogP contribution in [-0.4, -0.2) is 54.4 Å². The Bertz CT molecular complexity index is 647. The minimum atomic E-state index is 0.000195. The number of hydrogen-bond acceptors (Lipinski definition) is 3. The Labute approximate surface area is 169 Å². The molecular weight excluding hydrogens is 352 g/mol. The molecule has 1 saturated heterocycles. The molecule has 2 aliphatic rings. The molecule has 1 aliphatic heterocycles. The maximum atomic E-state index is 12.5. The lowest BCUT2D eigenvalue weighted by Gasteiger charge is -2.35. The Balaban J connectivity index is 1.38. The van der Waals surface area contributed by atoms with E-state index in [4.69, 9.17) is 4.74 Å². The van der Waals surface area contributed by atoms with Gasteiger partial charge in [-0.3, -0.25) is 9.59 Å². The van der Waals surface area contributed by atoms with E-state index < -0.39 is 0 Å². The van der Waals surface area contributed by atoms with Crippen molar-refractivity contribution in [1.82, 2.24) is 9.80 Å². The molecule has 0 radical (unpaired) electrons. The van der Waals surface area contributed by atoms with E-state index in [-0.39, 0.29) is 18.4 Å². The van der Waals surface area contributed by atoms with E-state index in [1.807, 2.05) is 34.1 Å². The number of carbonyl (C=O) groups excluding carboxylic acids is 2. The minimum Gasteiger partial charge on any atom is -0.483 e. The average molecular weight is 387 g/mol. The van der Waals surface area contributed by atoms with Crippen molar-refractivity contribution in [3.63, 3.8) is 0 Å². The minimum absolute atomic E-state index is 0.000195. The van der Waals surface area contributed by atoms with Gasteiger partial charge in [0.1, 0.15) is 5.75 Å². The molecule has 1 aromatic carbocycles. The Hall–Kier alpha value is -2.04. The lowest BCUT2D eigenvalue weighted by atomic mass is 9.86. The second-order valence-corrected chi connectivity index (χ2v) is 8.05. The Morgan fingerprint density at radius 2 is 1.61 bits per heavy atom. The highest BCUT2D eigenvalue weighted by molar-refractivity contribution is 5.79. The molecule has 0 atom stereocenters. The summed E-state index contributed by atoms with van der Waals surface area (Å²) in [6.45, 7) is 4.63. The summed E-state index contributed by atoms with van der Waals surface area (Å²) in [6, 6.07) is 7.85. The van der Waals surface area contributed by atoms with Gasteiger partial charge in [0, 0.05) is 32.6 Å². The summed E-state index contributed by atoms with van der Waals surface area (Å²) in [6.07, 6.45) is 9.15. The summed E-state index contributed by atoms with van der Waals surface area (Å²) in [5, 5.41) is 0. The number of ether oxygens (including phenoxy) is 1. The maximum absolute atomic E-state index is 12.5. The topological polar surface area (TPSA) is 49.9 Å². The zero-order valence-corrected chi connectivity index (χ0v) is 17.2. The fourth-order valence-corrected chi connectivity index (χ4v) is 4.33. The molecule has 2 amide bonds. The van der Waals surface area contributed by atoms with Crippen molar-refractivity contribution in [2.24, 2.45) is 5.92 Å². The van der Waals surface area contributed by atoms with Crippen molar-refractivity contribution in [1.29, 1.82) is 0 Å². The molecule has 0 bridgehead atoms. The summed E-state index contributed by atoms with van der Waals surface area (Å²) in [5.41, 5.74) is 1.11. The van der Waals surface area contributed by atoms with Gasteiger partial charge in [-0.15, -0.1) is 0 Å². The quantitative estimate of drug-likeness (QED) is 0.719. The van der Waals surface area contributed by atoms with E-state index in [1.54, 1.807) is 0 Å². The van der Waals surface area contributed by atoms with Gasteiger partial charge in [0.2, 0.25) is 5.91 Å². The van der Waals surface area contributed by atoms with Crippen LogP contribution >= 0.6 is 0 Å². The van der Waals surface area contributed by atoms with Gasteiger partial charge in [-0.25, -0.2) is 0 Å². The Kier molecular flexibility index (Phi) is 7.75. The average Bonchev–Trinajstić information content (AvgIpc) is 2.76. The molecule has 3 rings (SSSR count). The van der Waals surface area contributed by atoms with E-state index in [0.717, 1.165) is 30.1 Å². The van der Waals surface area contributed by atoms with Crippen molar-refractivity contribution in [2.45, 2.75) is 58.3 Å². The lowest BCUT2D eigenvalue weighted by molar-refractivity contribution is -0.140. The van der Waals surface area contributed by atoms with Crippen LogP contribution in [0.25, 0.3) is 0 Å². The first-order valence-corrected chi connectivity index (χ1v) is 10.9. The van der Waals surface area contributed by atoms with Crippen LogP contribution in [0.5, 0.6) is 5.75 Å². The molecule has 2 fully saturated rings. The van der Waals surface area contributed by atoms with E-state index in [9.17, 15) is 9.59 Å². The monoisotopic (exact) mass is 386 g/mol. The third-order valence-corrected chi connectivity index (χ3v) is 6.18. The number of para-hydroxylation sites is 1. The predicted octanol–water partition coefficient (Wildman–Crippen LogP) is 3.66. The van der Waals surface area contributed by atoms with Crippen LogP contribution in [0.4, 0.5) is 0 Å². The Morgan fingerprint density at radius 1 is 0.964 bits per heavy atom. The summed E-state index contributed by atoms with van der Waals surface area (Å²) in [7, 11) is 0. The van der Waals surface area contributed by atoms with E-state index in [1.165, 1.54) is 32.1 Å². The maximum Gasteiger partial charge on any atom is 0.260 e. The van der Waals surface area contributed by atoms with Crippen LogP contribution in [0.15, 0.2) is 24.3 Å². The first-order valence-electron chi connectivity index (χ1n) is 10.9. The molecule has 28 heavy (non-hydrogen) atoms. The second-order valence-electron chi connectivity index (χ2n) is 8.05. The smallest absolute Gasteiger partial charge is 0.260 e. The summed E-state index contributed by atoms with van der Waals surface area (Å²) in [4.78, 5) is 28.7. The number of rotatable bonds is 7. The first-order chi connectivity index (χ1) is 13.7. The molecule has 1 heterocycles. The van der Waals surface area contributed by atoms with Crippen molar-refractivity contribution < 1.29 is 14.3 Å². The van der Waals surface area contributed by atoms with Crippen LogP contribution in [0, 0.1) is 5.92 Å². The molecule has 0 unspecified atom stereocenters. The molecule has 0 spiro atoms. The SMILES string of the molecule is CCc1ccccc1OCC(=O)N1CCN(C(=O)CCC2CCCCC2)CC1. The van der Waals surface area contributed by atoms with Gasteiger partial charge in [-0.05, 0) is 30.4 Å². The zero-order valence-electron chi connectivity index (χ0n) is 17.2. The standard InChI is InChI=1S/C23H34N2O3/c1-2-20-10-6-7-11-21(20)28-18-23(27)25-16-14-24(15-17-25)22(26)13-12-19-8-4-3-5-9-19/h6-7,10-11,19H,2-5,8-9,12-18H2,1H3. The summed E-state index contributed by atoms with van der Waals surface area (Å²) < 4.78 is 5.75. The van der Waals surface area contributed by atoms with E-state index in [2.05, 4.69) is 6.92 Å². The summed E-state index contributed by atoms with van der Waals surface area (Å²) in [5.74, 6) is 1.78. The molecule has 0 aromatic heterocycles. The molecule has 1 saturated carbocycles. The second kappa shape index (κ2) is 10.5. The molecule has 5 nitrogen and oxygen atoms in total. The Morgan fingerprint density at radius 3 is 2.29 bits per heavy atom. The van der Waals surface area contributed by atoms with Gasteiger partial charge < -0.3 is 14.5 Å². The van der Waals surface area contributed by atoms with Crippen molar-refractivity contribution >= 4 is 11.8 Å². The molecule has 154 valence electrons. The third kappa shape index (κ3) is 5.73. The fourth-order valence-electron chi connectivity index (χ4n) is 4.33. The first kappa shape index (κ1) is 20.7. The van der Waals surface area contributed by atoms with E-state index >= 15 is 0 Å². The molecular formula is C23H34N2O3. The van der Waals surface area contributed by atoms with Crippen molar-refractivity contribution in [2.75, 3.05) is 32.8 Å². The van der Waals surface area contributed by atoms with Crippen LogP contribution in [0.1, 0.15) is 57.4 Å². The lowest BCUT2D eigenvalue weighted by Crippen LogP contribution is -2.51. The van der Waals surface area contributed by atoms with E-state index in [0.29, 0.717) is 32.6 Å². The van der Waals surface area contributed by atoms with Gasteiger partial charge in [0.15, 0.2) is 6.61 Å². The van der Waals surface area contributed by atoms with Gasteiger partial charge in [0.25, 0.3) is 5.91 Å². The van der Waals surface area contributed by atoms with Crippen LogP contribution < -0.4 is 4.74 Å². The number of nitrogens with zero attached hydrogens (tertiary/aromatic N) is 2. The van der Waals surface area contributed by atoms with Gasteiger partial charge in [-0.2, -0.15) is 0 Å². The largest absolute Gasteiger partial charge is 0.483 e. The number of amides is 2. The highest BCUT2D eigenvalue weighted by Crippen LogP contribution is 2.27. The zero-order chi connectivity index (χ0) is 19.8. The van der Waals surface area contributed by atoms with Crippen LogP contribution in [0.2, 0.25) is 0 Å². The number of benzene rings is 1. The number of piperazine rings is 1. The molecule has 5 heteroatoms. The molecule has 1 aliphatic carbocycles. The highest BCUT2D eigenvalue weighted by atomic mass is 16.5. The van der Waals surface area contributed by atoms with Crippen LogP contribution in [-0.2, 0) is 16.0 Å².